The Bertz CT molecular complexity index is 560. The van der Waals surface area contributed by atoms with E-state index in [2.05, 4.69) is 22.0 Å². The summed E-state index contributed by atoms with van der Waals surface area (Å²) in [5.41, 5.74) is 7.76. The van der Waals surface area contributed by atoms with Gasteiger partial charge in [-0.15, -0.1) is 0 Å². The van der Waals surface area contributed by atoms with E-state index in [0.717, 1.165) is 23.0 Å². The summed E-state index contributed by atoms with van der Waals surface area (Å²) in [5, 5.41) is 0.632. The van der Waals surface area contributed by atoms with Gasteiger partial charge >= 0.3 is 0 Å². The summed E-state index contributed by atoms with van der Waals surface area (Å²) in [4.78, 5) is 0. The van der Waals surface area contributed by atoms with Gasteiger partial charge in [-0.25, -0.2) is 0 Å². The van der Waals surface area contributed by atoms with Crippen molar-refractivity contribution in [3.63, 3.8) is 0 Å². The normalized spacial score (nSPS) is 10.4. The molecule has 2 aromatic rings. The van der Waals surface area contributed by atoms with Gasteiger partial charge in [-0.1, -0.05) is 39.7 Å². The average Bonchev–Trinajstić information content (AvgIpc) is 2.39. The fourth-order valence-electron chi connectivity index (χ4n) is 1.79. The molecule has 0 aliphatic heterocycles. The van der Waals surface area contributed by atoms with Crippen LogP contribution in [0.1, 0.15) is 12.0 Å². The van der Waals surface area contributed by atoms with E-state index < -0.39 is 0 Å². The summed E-state index contributed by atoms with van der Waals surface area (Å²) in [6, 6.07) is 13.5. The van der Waals surface area contributed by atoms with Crippen LogP contribution in [-0.2, 0) is 6.42 Å². The maximum absolute atomic E-state index is 6.05. The van der Waals surface area contributed by atoms with Crippen molar-refractivity contribution in [2.24, 2.45) is 0 Å². The number of nitrogens with two attached hydrogens (primary N) is 1. The van der Waals surface area contributed by atoms with Crippen LogP contribution in [0.3, 0.4) is 0 Å². The van der Waals surface area contributed by atoms with Gasteiger partial charge in [0.25, 0.3) is 0 Å². The number of anilines is 1. The number of aryl methyl sites for hydroxylation is 1. The lowest BCUT2D eigenvalue weighted by molar-refractivity contribution is 0.311. The van der Waals surface area contributed by atoms with Crippen LogP contribution in [0, 0.1) is 0 Å². The fourth-order valence-corrected chi connectivity index (χ4v) is 2.31. The molecule has 0 saturated heterocycles. The molecule has 100 valence electrons. The maximum atomic E-state index is 6.05. The molecule has 2 aromatic carbocycles. The molecule has 0 aromatic heterocycles. The zero-order chi connectivity index (χ0) is 13.7. The van der Waals surface area contributed by atoms with E-state index in [9.17, 15) is 0 Å². The number of hydrogen-bond donors (Lipinski definition) is 1. The minimum atomic E-state index is 0.630. The van der Waals surface area contributed by atoms with Crippen molar-refractivity contribution in [1.82, 2.24) is 0 Å². The fraction of sp³-hybridized carbons (Fsp3) is 0.200. The van der Waals surface area contributed by atoms with E-state index in [-0.39, 0.29) is 0 Å². The molecule has 0 heterocycles. The van der Waals surface area contributed by atoms with Crippen LogP contribution in [0.5, 0.6) is 5.75 Å². The van der Waals surface area contributed by atoms with Crippen molar-refractivity contribution in [1.29, 1.82) is 0 Å². The van der Waals surface area contributed by atoms with Crippen LogP contribution >= 0.6 is 27.5 Å². The molecule has 2 rings (SSSR count). The summed E-state index contributed by atoms with van der Waals surface area (Å²) in [6.07, 6.45) is 1.86. The third kappa shape index (κ3) is 4.44. The predicted molar refractivity (Wildman–Crippen MR) is 83.8 cm³/mol. The lowest BCUT2D eigenvalue weighted by Gasteiger charge is -2.08. The van der Waals surface area contributed by atoms with Crippen LogP contribution in [0.15, 0.2) is 46.9 Å². The SMILES string of the molecule is Nc1cccc(CCCOc2cc(Br)ccc2Cl)c1. The first kappa shape index (κ1) is 14.2. The van der Waals surface area contributed by atoms with Crippen molar-refractivity contribution in [3.8, 4) is 5.75 Å². The smallest absolute Gasteiger partial charge is 0.139 e. The van der Waals surface area contributed by atoms with E-state index in [1.54, 1.807) is 0 Å². The van der Waals surface area contributed by atoms with E-state index in [4.69, 9.17) is 22.1 Å². The zero-order valence-corrected chi connectivity index (χ0v) is 12.7. The van der Waals surface area contributed by atoms with Crippen LogP contribution in [0.2, 0.25) is 5.02 Å². The maximum Gasteiger partial charge on any atom is 0.139 e. The summed E-state index contributed by atoms with van der Waals surface area (Å²) < 4.78 is 6.64. The zero-order valence-electron chi connectivity index (χ0n) is 10.4. The molecule has 0 saturated carbocycles. The number of rotatable bonds is 5. The molecular weight excluding hydrogens is 326 g/mol. The molecule has 0 unspecified atom stereocenters. The third-order valence-corrected chi connectivity index (χ3v) is 3.52. The number of halogens is 2. The topological polar surface area (TPSA) is 35.2 Å². The van der Waals surface area contributed by atoms with Gasteiger partial charge in [0.15, 0.2) is 0 Å². The van der Waals surface area contributed by atoms with Gasteiger partial charge in [0, 0.05) is 10.2 Å². The van der Waals surface area contributed by atoms with Crippen LogP contribution < -0.4 is 10.5 Å². The number of nitrogen functional groups attached to an aromatic ring is 1. The minimum Gasteiger partial charge on any atom is -0.492 e. The van der Waals surface area contributed by atoms with Crippen molar-refractivity contribution in [2.75, 3.05) is 12.3 Å². The van der Waals surface area contributed by atoms with Gasteiger partial charge in [0.05, 0.1) is 11.6 Å². The summed E-state index contributed by atoms with van der Waals surface area (Å²) in [6.45, 7) is 0.630. The second kappa shape index (κ2) is 6.83. The first-order chi connectivity index (χ1) is 9.15. The van der Waals surface area contributed by atoms with Crippen LogP contribution in [0.4, 0.5) is 5.69 Å². The first-order valence-electron chi connectivity index (χ1n) is 6.07. The predicted octanol–water partition coefficient (Wildman–Crippen LogP) is 4.70. The molecule has 19 heavy (non-hydrogen) atoms. The number of hydrogen-bond acceptors (Lipinski definition) is 2. The molecule has 0 amide bonds. The molecular formula is C15H15BrClNO. The van der Waals surface area contributed by atoms with Crippen molar-refractivity contribution >= 4 is 33.2 Å². The Labute approximate surface area is 126 Å². The lowest BCUT2D eigenvalue weighted by Crippen LogP contribution is -2.00. The number of benzene rings is 2. The highest BCUT2D eigenvalue weighted by Gasteiger charge is 2.02. The standard InChI is InChI=1S/C15H15BrClNO/c16-12-6-7-14(17)15(10-12)19-8-2-4-11-3-1-5-13(18)9-11/h1,3,5-7,9-10H,2,4,8,18H2. The summed E-state index contributed by atoms with van der Waals surface area (Å²) >= 11 is 9.45. The largest absolute Gasteiger partial charge is 0.492 e. The molecule has 2 N–H and O–H groups in total. The van der Waals surface area contributed by atoms with Crippen molar-refractivity contribution in [3.05, 3.63) is 57.5 Å². The highest BCUT2D eigenvalue weighted by atomic mass is 79.9. The Morgan fingerprint density at radius 1 is 1.16 bits per heavy atom. The van der Waals surface area contributed by atoms with E-state index in [0.29, 0.717) is 17.4 Å². The Morgan fingerprint density at radius 3 is 2.79 bits per heavy atom. The van der Waals surface area contributed by atoms with Gasteiger partial charge in [-0.3, -0.25) is 0 Å². The van der Waals surface area contributed by atoms with Gasteiger partial charge < -0.3 is 10.5 Å². The molecule has 0 spiro atoms. The van der Waals surface area contributed by atoms with Gasteiger partial charge in [0.2, 0.25) is 0 Å². The molecule has 0 bridgehead atoms. The molecule has 0 radical (unpaired) electrons. The van der Waals surface area contributed by atoms with E-state index in [1.165, 1.54) is 5.56 Å². The van der Waals surface area contributed by atoms with Gasteiger partial charge in [-0.05, 0) is 48.7 Å². The second-order valence-corrected chi connectivity index (χ2v) is 5.59. The Kier molecular flexibility index (Phi) is 5.11. The highest BCUT2D eigenvalue weighted by Crippen LogP contribution is 2.28. The lowest BCUT2D eigenvalue weighted by atomic mass is 10.1. The first-order valence-corrected chi connectivity index (χ1v) is 7.24. The molecule has 0 fully saturated rings. The Morgan fingerprint density at radius 2 is 2.00 bits per heavy atom. The second-order valence-electron chi connectivity index (χ2n) is 4.27. The highest BCUT2D eigenvalue weighted by molar-refractivity contribution is 9.10. The van der Waals surface area contributed by atoms with Crippen LogP contribution in [0.25, 0.3) is 0 Å². The van der Waals surface area contributed by atoms with Crippen molar-refractivity contribution < 1.29 is 4.74 Å². The van der Waals surface area contributed by atoms with E-state index in [1.807, 2.05) is 36.4 Å². The number of ether oxygens (including phenoxy) is 1. The quantitative estimate of drug-likeness (QED) is 0.632. The summed E-state index contributed by atoms with van der Waals surface area (Å²) in [7, 11) is 0. The summed E-state index contributed by atoms with van der Waals surface area (Å²) in [5.74, 6) is 0.712. The molecule has 2 nitrogen and oxygen atoms in total. The Balaban J connectivity index is 1.82. The monoisotopic (exact) mass is 339 g/mol. The Hall–Kier alpha value is -1.19. The molecule has 0 aliphatic rings. The van der Waals surface area contributed by atoms with Crippen molar-refractivity contribution in [2.45, 2.75) is 12.8 Å². The van der Waals surface area contributed by atoms with Crippen LogP contribution in [-0.4, -0.2) is 6.61 Å². The van der Waals surface area contributed by atoms with E-state index >= 15 is 0 Å². The molecule has 0 aliphatic carbocycles. The average molecular weight is 341 g/mol. The molecule has 0 atom stereocenters. The minimum absolute atomic E-state index is 0.630. The van der Waals surface area contributed by atoms with Gasteiger partial charge in [-0.2, -0.15) is 0 Å². The molecule has 4 heteroatoms. The third-order valence-electron chi connectivity index (χ3n) is 2.71. The van der Waals surface area contributed by atoms with Gasteiger partial charge in [0.1, 0.15) is 5.75 Å².